The van der Waals surface area contributed by atoms with Gasteiger partial charge in [-0.1, -0.05) is 0 Å². The van der Waals surface area contributed by atoms with Crippen LogP contribution in [0.1, 0.15) is 23.2 Å². The van der Waals surface area contributed by atoms with Gasteiger partial charge in [0.1, 0.15) is 0 Å². The third-order valence-electron chi connectivity index (χ3n) is 5.56. The lowest BCUT2D eigenvalue weighted by atomic mass is 10.2. The van der Waals surface area contributed by atoms with Gasteiger partial charge in [0.25, 0.3) is 5.91 Å². The fourth-order valence-electron chi connectivity index (χ4n) is 3.56. The smallest absolute Gasteiger partial charge is 0.319 e. The van der Waals surface area contributed by atoms with Crippen LogP contribution in [-0.2, 0) is 9.53 Å². The zero-order valence-corrected chi connectivity index (χ0v) is 18.7. The van der Waals surface area contributed by atoms with Crippen LogP contribution in [0.25, 0.3) is 0 Å². The van der Waals surface area contributed by atoms with Gasteiger partial charge in [-0.2, -0.15) is 0 Å². The number of likely N-dealkylation sites (N-methyl/N-ethyl adjacent to an activating group) is 1. The standard InChI is InChI=1S/C24H29N5O4/c1-28(23(31)17-2-4-19(5-3-17)26-24(32)27-20-6-7-20)16-22(30)25-18-8-10-21(11-9-18)29-12-14-33-15-13-29/h2-5,8-11,20H,6-7,12-16H2,1H3,(H,25,30)(H2,26,27,32). The average Bonchev–Trinajstić information content (AvgIpc) is 3.64. The lowest BCUT2D eigenvalue weighted by Crippen LogP contribution is -2.36. The highest BCUT2D eigenvalue weighted by molar-refractivity contribution is 5.99. The summed E-state index contributed by atoms with van der Waals surface area (Å²) in [6, 6.07) is 14.3. The van der Waals surface area contributed by atoms with Crippen LogP contribution in [0.3, 0.4) is 0 Å². The maximum absolute atomic E-state index is 12.7. The summed E-state index contributed by atoms with van der Waals surface area (Å²) in [5.41, 5.74) is 2.81. The first-order valence-electron chi connectivity index (χ1n) is 11.1. The van der Waals surface area contributed by atoms with E-state index in [1.807, 2.05) is 24.3 Å². The number of urea groups is 1. The Hall–Kier alpha value is -3.59. The van der Waals surface area contributed by atoms with E-state index in [0.717, 1.165) is 31.6 Å². The van der Waals surface area contributed by atoms with Gasteiger partial charge in [-0.25, -0.2) is 4.79 Å². The number of morpholine rings is 1. The number of ether oxygens (including phenoxy) is 1. The van der Waals surface area contributed by atoms with E-state index in [1.165, 1.54) is 4.90 Å². The number of carbonyl (C=O) groups is 3. The second-order valence-electron chi connectivity index (χ2n) is 8.31. The van der Waals surface area contributed by atoms with E-state index in [0.29, 0.717) is 30.2 Å². The van der Waals surface area contributed by atoms with Crippen molar-refractivity contribution >= 4 is 34.9 Å². The van der Waals surface area contributed by atoms with Crippen LogP contribution in [-0.4, -0.2) is 68.7 Å². The second kappa shape index (κ2) is 10.4. The molecule has 4 amide bonds. The third kappa shape index (κ3) is 6.45. The molecule has 9 heteroatoms. The molecular formula is C24H29N5O4. The SMILES string of the molecule is CN(CC(=O)Nc1ccc(N2CCOCC2)cc1)C(=O)c1ccc(NC(=O)NC2CC2)cc1. The molecule has 174 valence electrons. The van der Waals surface area contributed by atoms with Gasteiger partial charge in [0, 0.05) is 48.8 Å². The number of benzene rings is 2. The summed E-state index contributed by atoms with van der Waals surface area (Å²) in [7, 11) is 1.58. The summed E-state index contributed by atoms with van der Waals surface area (Å²) in [5.74, 6) is -0.554. The summed E-state index contributed by atoms with van der Waals surface area (Å²) in [4.78, 5) is 40.5. The minimum absolute atomic E-state index is 0.0756. The Labute approximate surface area is 193 Å². The van der Waals surface area contributed by atoms with Crippen molar-refractivity contribution in [2.45, 2.75) is 18.9 Å². The summed E-state index contributed by atoms with van der Waals surface area (Å²) >= 11 is 0. The number of hydrogen-bond acceptors (Lipinski definition) is 5. The molecule has 3 N–H and O–H groups in total. The molecule has 2 aromatic rings. The Morgan fingerprint density at radius 2 is 1.55 bits per heavy atom. The van der Waals surface area contributed by atoms with Crippen molar-refractivity contribution in [3.05, 3.63) is 54.1 Å². The minimum Gasteiger partial charge on any atom is -0.378 e. The van der Waals surface area contributed by atoms with Crippen LogP contribution in [0, 0.1) is 0 Å². The highest BCUT2D eigenvalue weighted by Crippen LogP contribution is 2.20. The molecule has 0 radical (unpaired) electrons. The van der Waals surface area contributed by atoms with Crippen molar-refractivity contribution in [3.63, 3.8) is 0 Å². The van der Waals surface area contributed by atoms with Crippen LogP contribution in [0.15, 0.2) is 48.5 Å². The maximum Gasteiger partial charge on any atom is 0.319 e. The first kappa shape index (κ1) is 22.6. The molecule has 1 heterocycles. The maximum atomic E-state index is 12.7. The second-order valence-corrected chi connectivity index (χ2v) is 8.31. The molecule has 2 aliphatic rings. The molecule has 1 aliphatic carbocycles. The van der Waals surface area contributed by atoms with E-state index >= 15 is 0 Å². The normalized spacial score (nSPS) is 15.5. The Balaban J connectivity index is 1.25. The molecule has 33 heavy (non-hydrogen) atoms. The Bertz CT molecular complexity index is 983. The van der Waals surface area contributed by atoms with Gasteiger partial charge in [0.15, 0.2) is 0 Å². The Kier molecular flexibility index (Phi) is 7.09. The third-order valence-corrected chi connectivity index (χ3v) is 5.56. The zero-order valence-electron chi connectivity index (χ0n) is 18.7. The van der Waals surface area contributed by atoms with E-state index < -0.39 is 0 Å². The lowest BCUT2D eigenvalue weighted by molar-refractivity contribution is -0.116. The number of rotatable bonds is 7. The Morgan fingerprint density at radius 3 is 2.18 bits per heavy atom. The highest BCUT2D eigenvalue weighted by atomic mass is 16.5. The first-order chi connectivity index (χ1) is 16.0. The van der Waals surface area contributed by atoms with Crippen LogP contribution < -0.4 is 20.9 Å². The molecule has 1 aliphatic heterocycles. The molecule has 0 aromatic heterocycles. The van der Waals surface area contributed by atoms with E-state index in [2.05, 4.69) is 20.9 Å². The molecule has 9 nitrogen and oxygen atoms in total. The lowest BCUT2D eigenvalue weighted by Gasteiger charge is -2.28. The molecule has 1 saturated carbocycles. The van der Waals surface area contributed by atoms with E-state index in [-0.39, 0.29) is 30.4 Å². The van der Waals surface area contributed by atoms with E-state index in [9.17, 15) is 14.4 Å². The number of carbonyl (C=O) groups excluding carboxylic acids is 3. The molecule has 0 unspecified atom stereocenters. The van der Waals surface area contributed by atoms with Crippen molar-refractivity contribution in [2.75, 3.05) is 55.4 Å². The fourth-order valence-corrected chi connectivity index (χ4v) is 3.56. The number of nitrogens with one attached hydrogen (secondary N) is 3. The molecular weight excluding hydrogens is 422 g/mol. The molecule has 0 atom stereocenters. The topological polar surface area (TPSA) is 103 Å². The number of nitrogens with zero attached hydrogens (tertiary/aromatic N) is 2. The van der Waals surface area contributed by atoms with Gasteiger partial charge in [-0.05, 0) is 61.4 Å². The Morgan fingerprint density at radius 1 is 0.939 bits per heavy atom. The fraction of sp³-hybridized carbons (Fsp3) is 0.375. The summed E-state index contributed by atoms with van der Waals surface area (Å²) in [6.45, 7) is 3.06. The number of anilines is 3. The molecule has 1 saturated heterocycles. The van der Waals surface area contributed by atoms with Crippen LogP contribution in [0.5, 0.6) is 0 Å². The summed E-state index contributed by atoms with van der Waals surface area (Å²) in [6.07, 6.45) is 2.03. The van der Waals surface area contributed by atoms with Crippen molar-refractivity contribution in [2.24, 2.45) is 0 Å². The number of amides is 4. The van der Waals surface area contributed by atoms with E-state index in [4.69, 9.17) is 4.74 Å². The average molecular weight is 452 g/mol. The monoisotopic (exact) mass is 451 g/mol. The highest BCUT2D eigenvalue weighted by Gasteiger charge is 2.23. The summed E-state index contributed by atoms with van der Waals surface area (Å²) < 4.78 is 5.37. The van der Waals surface area contributed by atoms with Gasteiger partial charge in [-0.15, -0.1) is 0 Å². The van der Waals surface area contributed by atoms with Crippen molar-refractivity contribution < 1.29 is 19.1 Å². The number of hydrogen-bond donors (Lipinski definition) is 3. The van der Waals surface area contributed by atoms with Gasteiger partial charge >= 0.3 is 6.03 Å². The quantitative estimate of drug-likeness (QED) is 0.600. The molecule has 0 bridgehead atoms. The van der Waals surface area contributed by atoms with Crippen LogP contribution >= 0.6 is 0 Å². The largest absolute Gasteiger partial charge is 0.378 e. The van der Waals surface area contributed by atoms with Gasteiger partial charge in [-0.3, -0.25) is 9.59 Å². The molecule has 4 rings (SSSR count). The van der Waals surface area contributed by atoms with Gasteiger partial charge in [0.05, 0.1) is 19.8 Å². The molecule has 0 spiro atoms. The molecule has 2 aromatic carbocycles. The van der Waals surface area contributed by atoms with Crippen LogP contribution in [0.4, 0.5) is 21.9 Å². The minimum atomic E-state index is -0.278. The van der Waals surface area contributed by atoms with Crippen molar-refractivity contribution in [3.8, 4) is 0 Å². The summed E-state index contributed by atoms with van der Waals surface area (Å²) in [5, 5.41) is 8.42. The van der Waals surface area contributed by atoms with Gasteiger partial charge in [0.2, 0.25) is 5.91 Å². The van der Waals surface area contributed by atoms with Crippen molar-refractivity contribution in [1.82, 2.24) is 10.2 Å². The van der Waals surface area contributed by atoms with Crippen LogP contribution in [0.2, 0.25) is 0 Å². The zero-order chi connectivity index (χ0) is 23.2. The first-order valence-corrected chi connectivity index (χ1v) is 11.1. The predicted octanol–water partition coefficient (Wildman–Crippen LogP) is 2.52. The van der Waals surface area contributed by atoms with Gasteiger partial charge < -0.3 is 30.5 Å². The van der Waals surface area contributed by atoms with E-state index in [1.54, 1.807) is 31.3 Å². The van der Waals surface area contributed by atoms with Crippen molar-refractivity contribution in [1.29, 1.82) is 0 Å². The molecule has 2 fully saturated rings. The predicted molar refractivity (Wildman–Crippen MR) is 127 cm³/mol.